The van der Waals surface area contributed by atoms with Crippen LogP contribution in [0.4, 0.5) is 8.78 Å². The normalized spacial score (nSPS) is 22.3. The lowest BCUT2D eigenvalue weighted by Crippen LogP contribution is -2.48. The van der Waals surface area contributed by atoms with Gasteiger partial charge in [-0.25, -0.2) is 8.78 Å². The lowest BCUT2D eigenvalue weighted by Gasteiger charge is -2.34. The Hall–Kier alpha value is -0.730. The zero-order valence-corrected chi connectivity index (χ0v) is 15.6. The number of hydrogen-bond acceptors (Lipinski definition) is 5. The van der Waals surface area contributed by atoms with Crippen molar-refractivity contribution in [2.75, 3.05) is 39.3 Å². The van der Waals surface area contributed by atoms with Crippen LogP contribution in [0.15, 0.2) is 29.2 Å². The molecule has 1 aromatic rings. The Morgan fingerprint density at radius 1 is 1.28 bits per heavy atom. The van der Waals surface area contributed by atoms with Gasteiger partial charge in [0, 0.05) is 30.7 Å². The summed E-state index contributed by atoms with van der Waals surface area (Å²) in [7, 11) is 1.65. The third-order valence-corrected chi connectivity index (χ3v) is 5.17. The summed E-state index contributed by atoms with van der Waals surface area (Å²) in [6.07, 6.45) is -1.38. The second-order valence-corrected chi connectivity index (χ2v) is 7.13. The molecule has 1 heterocycles. The number of benzene rings is 1. The second kappa shape index (κ2) is 11.1. The quantitative estimate of drug-likeness (QED) is 0.501. The molecule has 3 unspecified atom stereocenters. The van der Waals surface area contributed by atoms with Crippen molar-refractivity contribution >= 4 is 11.8 Å². The fraction of sp³-hybridized carbons (Fsp3) is 0.667. The number of alkyl halides is 2. The maximum atomic E-state index is 12.3. The van der Waals surface area contributed by atoms with E-state index < -0.39 is 6.43 Å². The fourth-order valence-electron chi connectivity index (χ4n) is 2.78. The monoisotopic (exact) mass is 375 g/mol. The van der Waals surface area contributed by atoms with Gasteiger partial charge in [0.25, 0.3) is 0 Å². The van der Waals surface area contributed by atoms with Crippen molar-refractivity contribution < 1.29 is 23.0 Å². The van der Waals surface area contributed by atoms with Gasteiger partial charge in [0.15, 0.2) is 0 Å². The van der Waals surface area contributed by atoms with Gasteiger partial charge in [0.1, 0.15) is 0 Å². The highest BCUT2D eigenvalue weighted by Crippen LogP contribution is 2.24. The molecule has 25 heavy (non-hydrogen) atoms. The van der Waals surface area contributed by atoms with Crippen LogP contribution in [0.3, 0.4) is 0 Å². The molecule has 1 aliphatic heterocycles. The predicted octanol–water partition coefficient (Wildman–Crippen LogP) is 3.51. The van der Waals surface area contributed by atoms with Crippen molar-refractivity contribution in [2.24, 2.45) is 0 Å². The number of nitrogens with one attached hydrogen (secondary N) is 1. The summed E-state index contributed by atoms with van der Waals surface area (Å²) in [5, 5.41) is 3.61. The third-order valence-electron chi connectivity index (χ3n) is 4.14. The van der Waals surface area contributed by atoms with Crippen LogP contribution in [0.25, 0.3) is 0 Å². The molecular formula is C18H27F2NO3S. The highest BCUT2D eigenvalue weighted by atomic mass is 32.2. The molecule has 0 bridgehead atoms. The van der Waals surface area contributed by atoms with Crippen molar-refractivity contribution in [3.8, 4) is 0 Å². The first-order valence-corrected chi connectivity index (χ1v) is 9.54. The Morgan fingerprint density at radius 2 is 2.04 bits per heavy atom. The molecule has 1 aromatic carbocycles. The number of thioether (sulfide) groups is 1. The molecule has 1 saturated heterocycles. The Balaban J connectivity index is 1.87. The average Bonchev–Trinajstić information content (AvgIpc) is 2.62. The lowest BCUT2D eigenvalue weighted by atomic mass is 10.0. The van der Waals surface area contributed by atoms with E-state index in [1.165, 1.54) is 11.8 Å². The Morgan fingerprint density at radius 3 is 2.72 bits per heavy atom. The molecule has 0 saturated carbocycles. The first-order chi connectivity index (χ1) is 12.1. The molecule has 0 aliphatic carbocycles. The zero-order chi connectivity index (χ0) is 18.1. The average molecular weight is 375 g/mol. The van der Waals surface area contributed by atoms with Gasteiger partial charge < -0.3 is 19.5 Å². The Kier molecular flexibility index (Phi) is 9.12. The van der Waals surface area contributed by atoms with Crippen LogP contribution in [-0.2, 0) is 14.2 Å². The highest BCUT2D eigenvalue weighted by molar-refractivity contribution is 7.99. The van der Waals surface area contributed by atoms with Crippen LogP contribution in [0.2, 0.25) is 0 Å². The number of methoxy groups -OCH3 is 1. The van der Waals surface area contributed by atoms with Gasteiger partial charge >= 0.3 is 0 Å². The first-order valence-electron chi connectivity index (χ1n) is 8.55. The summed E-state index contributed by atoms with van der Waals surface area (Å²) in [6.45, 7) is 4.52. The van der Waals surface area contributed by atoms with E-state index in [0.717, 1.165) is 23.5 Å². The molecular weight excluding hydrogens is 348 g/mol. The van der Waals surface area contributed by atoms with E-state index >= 15 is 0 Å². The minimum absolute atomic E-state index is 0.00669. The minimum atomic E-state index is -2.28. The molecule has 3 atom stereocenters. The van der Waals surface area contributed by atoms with E-state index in [1.807, 2.05) is 24.3 Å². The van der Waals surface area contributed by atoms with Crippen molar-refractivity contribution in [3.05, 3.63) is 29.8 Å². The summed E-state index contributed by atoms with van der Waals surface area (Å²) in [6, 6.07) is 8.14. The van der Waals surface area contributed by atoms with Gasteiger partial charge in [-0.15, -0.1) is 11.8 Å². The van der Waals surface area contributed by atoms with Crippen LogP contribution in [-0.4, -0.2) is 57.9 Å². The van der Waals surface area contributed by atoms with E-state index in [4.69, 9.17) is 14.2 Å². The Bertz CT molecular complexity index is 490. The topological polar surface area (TPSA) is 39.7 Å². The molecule has 1 aliphatic rings. The summed E-state index contributed by atoms with van der Waals surface area (Å²) in [4.78, 5) is 0.864. The molecule has 1 fully saturated rings. The number of ether oxygens (including phenoxy) is 3. The number of rotatable bonds is 10. The van der Waals surface area contributed by atoms with Crippen LogP contribution >= 0.6 is 11.8 Å². The van der Waals surface area contributed by atoms with Gasteiger partial charge in [0.2, 0.25) is 6.43 Å². The van der Waals surface area contributed by atoms with Crippen LogP contribution < -0.4 is 5.32 Å². The molecule has 4 nitrogen and oxygen atoms in total. The maximum absolute atomic E-state index is 12.3. The van der Waals surface area contributed by atoms with Crippen LogP contribution in [0.5, 0.6) is 0 Å². The van der Waals surface area contributed by atoms with E-state index in [1.54, 1.807) is 7.11 Å². The van der Waals surface area contributed by atoms with Crippen molar-refractivity contribution in [1.82, 2.24) is 5.32 Å². The molecule has 0 amide bonds. The number of hydrogen-bond donors (Lipinski definition) is 1. The van der Waals surface area contributed by atoms with E-state index in [0.29, 0.717) is 19.8 Å². The minimum Gasteiger partial charge on any atom is -0.382 e. The SMILES string of the molecule is COCCOC1COCCC1NC(C)c1ccc(SCC(F)F)cc1. The smallest absolute Gasteiger partial charge is 0.247 e. The summed E-state index contributed by atoms with van der Waals surface area (Å²) >= 11 is 1.18. The first kappa shape index (κ1) is 20.6. The largest absolute Gasteiger partial charge is 0.382 e. The summed E-state index contributed by atoms with van der Waals surface area (Å²) in [5.41, 5.74) is 1.13. The zero-order valence-electron chi connectivity index (χ0n) is 14.8. The van der Waals surface area contributed by atoms with E-state index in [9.17, 15) is 8.78 Å². The summed E-state index contributed by atoms with van der Waals surface area (Å²) in [5.74, 6) is -0.171. The van der Waals surface area contributed by atoms with Crippen LogP contribution in [0, 0.1) is 0 Å². The van der Waals surface area contributed by atoms with Crippen molar-refractivity contribution in [3.63, 3.8) is 0 Å². The molecule has 1 N–H and O–H groups in total. The second-order valence-electron chi connectivity index (χ2n) is 6.03. The molecule has 0 radical (unpaired) electrons. The van der Waals surface area contributed by atoms with Gasteiger partial charge in [-0.05, 0) is 31.0 Å². The molecule has 7 heteroatoms. The third kappa shape index (κ3) is 7.19. The van der Waals surface area contributed by atoms with Crippen LogP contribution in [0.1, 0.15) is 24.9 Å². The number of halogens is 2. The standard InChI is InChI=1S/C18H27F2NO3S/c1-13(14-3-5-15(6-4-14)25-12-18(19)20)21-16-7-8-23-11-17(16)24-10-9-22-2/h3-6,13,16-18,21H,7-12H2,1-2H3. The highest BCUT2D eigenvalue weighted by Gasteiger charge is 2.27. The van der Waals surface area contributed by atoms with Gasteiger partial charge in [-0.2, -0.15) is 0 Å². The lowest BCUT2D eigenvalue weighted by molar-refractivity contribution is -0.0799. The molecule has 0 aromatic heterocycles. The molecule has 142 valence electrons. The van der Waals surface area contributed by atoms with Gasteiger partial charge in [-0.1, -0.05) is 12.1 Å². The van der Waals surface area contributed by atoms with E-state index in [2.05, 4.69) is 12.2 Å². The van der Waals surface area contributed by atoms with Crippen molar-refractivity contribution in [2.45, 2.75) is 42.9 Å². The van der Waals surface area contributed by atoms with Crippen molar-refractivity contribution in [1.29, 1.82) is 0 Å². The van der Waals surface area contributed by atoms with Gasteiger partial charge in [-0.3, -0.25) is 0 Å². The predicted molar refractivity (Wildman–Crippen MR) is 95.6 cm³/mol. The molecule has 0 spiro atoms. The van der Waals surface area contributed by atoms with E-state index in [-0.39, 0.29) is 23.9 Å². The fourth-order valence-corrected chi connectivity index (χ4v) is 3.43. The van der Waals surface area contributed by atoms with Gasteiger partial charge in [0.05, 0.1) is 31.7 Å². The molecule has 2 rings (SSSR count). The Labute approximate surface area is 152 Å². The summed E-state index contributed by atoms with van der Waals surface area (Å²) < 4.78 is 41.0. The maximum Gasteiger partial charge on any atom is 0.247 e.